The quantitative estimate of drug-likeness (QED) is 0.564. The molecule has 4 N–H and O–H groups in total. The summed E-state index contributed by atoms with van der Waals surface area (Å²) in [5.74, 6) is 0. The highest BCUT2D eigenvalue weighted by Gasteiger charge is 1.87. The lowest BCUT2D eigenvalue weighted by molar-refractivity contribution is 0.676. The molecule has 0 aromatic rings. The molecule has 0 saturated heterocycles. The third-order valence-corrected chi connectivity index (χ3v) is 0.925. The summed E-state index contributed by atoms with van der Waals surface area (Å²) < 4.78 is 0. The van der Waals surface area contributed by atoms with Crippen molar-refractivity contribution in [3.8, 4) is 0 Å². The molecule has 0 spiro atoms. The van der Waals surface area contributed by atoms with E-state index in [4.69, 9.17) is 11.5 Å². The Hall–Kier alpha value is -0.500. The van der Waals surface area contributed by atoms with Crippen LogP contribution < -0.4 is 11.5 Å². The van der Waals surface area contributed by atoms with Crippen LogP contribution in [0.5, 0.6) is 0 Å². The predicted octanol–water partition coefficient (Wildman–Crippen LogP) is 0.586. The Labute approximate surface area is 50.6 Å². The van der Waals surface area contributed by atoms with Crippen LogP contribution in [0.2, 0.25) is 0 Å². The summed E-state index contributed by atoms with van der Waals surface area (Å²) in [7, 11) is 0. The van der Waals surface area contributed by atoms with Crippen LogP contribution in [-0.2, 0) is 0 Å². The Morgan fingerprint density at radius 1 is 1.62 bits per heavy atom. The smallest absolute Gasteiger partial charge is 0.00134 e. The van der Waals surface area contributed by atoms with Crippen LogP contribution in [0.4, 0.5) is 0 Å². The van der Waals surface area contributed by atoms with E-state index in [1.165, 1.54) is 0 Å². The minimum Gasteiger partial charge on any atom is -0.405 e. The Morgan fingerprint density at radius 3 is 2.62 bits per heavy atom. The van der Waals surface area contributed by atoms with E-state index in [0.29, 0.717) is 6.04 Å². The summed E-state index contributed by atoms with van der Waals surface area (Å²) in [5.41, 5.74) is 10.6. The van der Waals surface area contributed by atoms with Gasteiger partial charge in [0.05, 0.1) is 0 Å². The average molecular weight is 114 g/mol. The molecular formula is C6H14N2. The number of hydrogen-bond donors (Lipinski definition) is 2. The number of rotatable bonds is 3. The molecule has 0 aliphatic heterocycles. The minimum atomic E-state index is 0.297. The summed E-state index contributed by atoms with van der Waals surface area (Å²) in [6.45, 7) is 1.99. The van der Waals surface area contributed by atoms with Gasteiger partial charge in [-0.15, -0.1) is 0 Å². The molecular weight excluding hydrogens is 100 g/mol. The van der Waals surface area contributed by atoms with E-state index in [0.717, 1.165) is 12.8 Å². The van der Waals surface area contributed by atoms with Gasteiger partial charge in [0.25, 0.3) is 0 Å². The zero-order valence-corrected chi connectivity index (χ0v) is 5.30. The molecule has 0 radical (unpaired) electrons. The Kier molecular flexibility index (Phi) is 4.36. The Morgan fingerprint density at radius 2 is 2.25 bits per heavy atom. The molecule has 0 heterocycles. The molecule has 2 heteroatoms. The van der Waals surface area contributed by atoms with Crippen LogP contribution in [0.15, 0.2) is 12.3 Å². The molecule has 0 saturated carbocycles. The molecule has 0 aliphatic carbocycles. The molecule has 8 heavy (non-hydrogen) atoms. The lowest BCUT2D eigenvalue weighted by atomic mass is 10.2. The van der Waals surface area contributed by atoms with Crippen LogP contribution in [0.25, 0.3) is 0 Å². The van der Waals surface area contributed by atoms with Crippen LogP contribution in [0.1, 0.15) is 19.8 Å². The number of allylic oxidation sites excluding steroid dienone is 1. The second kappa shape index (κ2) is 4.65. The topological polar surface area (TPSA) is 52.0 Å². The standard InChI is InChI=1S/C6H14N2/c1-6(8)4-2-3-5-7/h3,5-6H,2,4,7-8H2,1H3/b5-3+. The predicted molar refractivity (Wildman–Crippen MR) is 36.2 cm³/mol. The van der Waals surface area contributed by atoms with Gasteiger partial charge in [-0.2, -0.15) is 0 Å². The van der Waals surface area contributed by atoms with Crippen molar-refractivity contribution in [3.05, 3.63) is 12.3 Å². The van der Waals surface area contributed by atoms with Gasteiger partial charge in [0.1, 0.15) is 0 Å². The molecule has 0 fully saturated rings. The first-order valence-electron chi connectivity index (χ1n) is 2.89. The molecule has 1 atom stereocenters. The molecule has 0 rings (SSSR count). The van der Waals surface area contributed by atoms with E-state index < -0.39 is 0 Å². The van der Waals surface area contributed by atoms with Crippen molar-refractivity contribution in [3.63, 3.8) is 0 Å². The van der Waals surface area contributed by atoms with E-state index in [1.54, 1.807) is 6.20 Å². The highest BCUT2D eigenvalue weighted by Crippen LogP contribution is 1.92. The minimum absolute atomic E-state index is 0.297. The van der Waals surface area contributed by atoms with E-state index in [9.17, 15) is 0 Å². The van der Waals surface area contributed by atoms with Gasteiger partial charge in [-0.1, -0.05) is 6.08 Å². The maximum Gasteiger partial charge on any atom is 0.00134 e. The normalized spacial score (nSPS) is 14.8. The van der Waals surface area contributed by atoms with E-state index in [1.807, 2.05) is 13.0 Å². The fourth-order valence-electron chi connectivity index (χ4n) is 0.455. The summed E-state index contributed by atoms with van der Waals surface area (Å²) >= 11 is 0. The van der Waals surface area contributed by atoms with Gasteiger partial charge in [-0.3, -0.25) is 0 Å². The fourth-order valence-corrected chi connectivity index (χ4v) is 0.455. The third kappa shape index (κ3) is 5.50. The van der Waals surface area contributed by atoms with E-state index in [-0.39, 0.29) is 0 Å². The van der Waals surface area contributed by atoms with Gasteiger partial charge in [-0.05, 0) is 26.0 Å². The van der Waals surface area contributed by atoms with Crippen molar-refractivity contribution < 1.29 is 0 Å². The van der Waals surface area contributed by atoms with Crippen molar-refractivity contribution >= 4 is 0 Å². The molecule has 1 unspecified atom stereocenters. The first-order valence-corrected chi connectivity index (χ1v) is 2.89. The van der Waals surface area contributed by atoms with Gasteiger partial charge in [0.15, 0.2) is 0 Å². The average Bonchev–Trinajstić information content (AvgIpc) is 1.66. The number of nitrogens with two attached hydrogens (primary N) is 2. The van der Waals surface area contributed by atoms with Crippen molar-refractivity contribution in [2.45, 2.75) is 25.8 Å². The monoisotopic (exact) mass is 114 g/mol. The van der Waals surface area contributed by atoms with Gasteiger partial charge < -0.3 is 11.5 Å². The number of hydrogen-bond acceptors (Lipinski definition) is 2. The highest BCUT2D eigenvalue weighted by atomic mass is 14.6. The lowest BCUT2D eigenvalue weighted by Gasteiger charge is -1.98. The summed E-state index contributed by atoms with van der Waals surface area (Å²) in [6, 6.07) is 0.297. The maximum atomic E-state index is 5.46. The SMILES string of the molecule is CC(N)CC/C=C/N. The van der Waals surface area contributed by atoms with Crippen molar-refractivity contribution in [1.82, 2.24) is 0 Å². The molecule has 0 bridgehead atoms. The van der Waals surface area contributed by atoms with Crippen molar-refractivity contribution in [1.29, 1.82) is 0 Å². The largest absolute Gasteiger partial charge is 0.405 e. The van der Waals surface area contributed by atoms with E-state index >= 15 is 0 Å². The maximum absolute atomic E-state index is 5.46. The Bertz CT molecular complexity index is 66.9. The summed E-state index contributed by atoms with van der Waals surface area (Å²) in [6.07, 6.45) is 5.49. The van der Waals surface area contributed by atoms with Crippen LogP contribution in [-0.4, -0.2) is 6.04 Å². The fraction of sp³-hybridized carbons (Fsp3) is 0.667. The van der Waals surface area contributed by atoms with Gasteiger partial charge in [-0.25, -0.2) is 0 Å². The van der Waals surface area contributed by atoms with Crippen LogP contribution in [0, 0.1) is 0 Å². The molecule has 0 aliphatic rings. The zero-order valence-electron chi connectivity index (χ0n) is 5.30. The first-order chi connectivity index (χ1) is 3.77. The molecule has 0 amide bonds. The second-order valence-electron chi connectivity index (χ2n) is 1.98. The van der Waals surface area contributed by atoms with Gasteiger partial charge >= 0.3 is 0 Å². The molecule has 0 aromatic heterocycles. The van der Waals surface area contributed by atoms with Gasteiger partial charge in [0, 0.05) is 6.04 Å². The molecule has 0 aromatic carbocycles. The van der Waals surface area contributed by atoms with Gasteiger partial charge in [0.2, 0.25) is 0 Å². The second-order valence-corrected chi connectivity index (χ2v) is 1.98. The molecule has 2 nitrogen and oxygen atoms in total. The summed E-state index contributed by atoms with van der Waals surface area (Å²) in [5, 5.41) is 0. The lowest BCUT2D eigenvalue weighted by Crippen LogP contribution is -2.13. The highest BCUT2D eigenvalue weighted by molar-refractivity contribution is 4.76. The summed E-state index contributed by atoms with van der Waals surface area (Å²) in [4.78, 5) is 0. The van der Waals surface area contributed by atoms with Crippen molar-refractivity contribution in [2.75, 3.05) is 0 Å². The Balaban J connectivity index is 2.93. The van der Waals surface area contributed by atoms with E-state index in [2.05, 4.69) is 0 Å². The van der Waals surface area contributed by atoms with Crippen molar-refractivity contribution in [2.24, 2.45) is 11.5 Å². The molecule has 48 valence electrons. The third-order valence-electron chi connectivity index (χ3n) is 0.925. The first kappa shape index (κ1) is 7.50. The zero-order chi connectivity index (χ0) is 6.41. The van der Waals surface area contributed by atoms with Crippen LogP contribution >= 0.6 is 0 Å². The van der Waals surface area contributed by atoms with Crippen LogP contribution in [0.3, 0.4) is 0 Å².